The van der Waals surface area contributed by atoms with Crippen LogP contribution < -0.4 is 4.74 Å². The molecule has 0 aromatic heterocycles. The van der Waals surface area contributed by atoms with Gasteiger partial charge in [-0.05, 0) is 50.2 Å². The summed E-state index contributed by atoms with van der Waals surface area (Å²) in [6, 6.07) is 24.9. The number of hydrogen-bond donors (Lipinski definition) is 0. The van der Waals surface area contributed by atoms with Gasteiger partial charge in [-0.3, -0.25) is 0 Å². The quantitative estimate of drug-likeness (QED) is 0.416. The summed E-state index contributed by atoms with van der Waals surface area (Å²) in [5, 5.41) is 0. The third-order valence-corrected chi connectivity index (χ3v) is 6.77. The van der Waals surface area contributed by atoms with Gasteiger partial charge in [0.15, 0.2) is 4.90 Å². The normalized spacial score (nSPS) is 11.9. The van der Waals surface area contributed by atoms with Crippen LogP contribution in [0.15, 0.2) is 88.7 Å². The maximum absolute atomic E-state index is 10.4. The molecule has 0 saturated heterocycles. The Morgan fingerprint density at radius 2 is 1.48 bits per heavy atom. The Balaban J connectivity index is 0.000000234. The smallest absolute Gasteiger partial charge is 0.154 e. The Kier molecular flexibility index (Phi) is 8.76. The lowest BCUT2D eigenvalue weighted by Crippen LogP contribution is -2.03. The molecule has 0 radical (unpaired) electrons. The van der Waals surface area contributed by atoms with Crippen molar-refractivity contribution in [3.63, 3.8) is 0 Å². The minimum Gasteiger partial charge on any atom is -0.744 e. The highest BCUT2D eigenvalue weighted by Gasteiger charge is 2.15. The molecule has 0 saturated carbocycles. The molecule has 0 N–H and O–H groups in total. The van der Waals surface area contributed by atoms with Gasteiger partial charge in [0.2, 0.25) is 0 Å². The van der Waals surface area contributed by atoms with E-state index in [9.17, 15) is 13.0 Å². The van der Waals surface area contributed by atoms with E-state index in [0.717, 1.165) is 23.7 Å². The fourth-order valence-corrected chi connectivity index (χ4v) is 4.49. The van der Waals surface area contributed by atoms with E-state index in [1.54, 1.807) is 12.1 Å². The predicted molar refractivity (Wildman–Crippen MR) is 118 cm³/mol. The van der Waals surface area contributed by atoms with E-state index in [1.807, 2.05) is 13.8 Å². The summed E-state index contributed by atoms with van der Waals surface area (Å²) in [4.78, 5) is 1.24. The second-order valence-corrected chi connectivity index (χ2v) is 9.85. The van der Waals surface area contributed by atoms with Crippen LogP contribution in [0.4, 0.5) is 0 Å². The molecular formula is C23H26O4S2. The zero-order chi connectivity index (χ0) is 21.3. The molecule has 3 aromatic rings. The average Bonchev–Trinajstić information content (AvgIpc) is 2.70. The second kappa shape index (κ2) is 11.0. The van der Waals surface area contributed by atoms with E-state index < -0.39 is 10.1 Å². The maximum atomic E-state index is 10.4. The van der Waals surface area contributed by atoms with Crippen molar-refractivity contribution in [1.29, 1.82) is 0 Å². The molecule has 0 heterocycles. The molecule has 1 atom stereocenters. The highest BCUT2D eigenvalue weighted by Crippen LogP contribution is 2.19. The fourth-order valence-electron chi connectivity index (χ4n) is 2.54. The standard InChI is InChI=1S/C16H19OS.C7H8O3S/c1-3-17-15-11-9-14(10-12-15)13-18(2)16-7-5-4-6-8-16;1-6-2-4-7(5-3-6)11(8,9)10/h4-12H,3,13H2,1-2H3;2-5H,1H3,(H,8,9,10)/q+1;/p-1. The van der Waals surface area contributed by atoms with Gasteiger partial charge in [-0.1, -0.05) is 48.0 Å². The first kappa shape index (κ1) is 23.0. The van der Waals surface area contributed by atoms with Crippen molar-refractivity contribution in [2.45, 2.75) is 29.4 Å². The third kappa shape index (κ3) is 7.93. The van der Waals surface area contributed by atoms with Gasteiger partial charge in [0.25, 0.3) is 0 Å². The van der Waals surface area contributed by atoms with Crippen molar-refractivity contribution in [2.24, 2.45) is 0 Å². The van der Waals surface area contributed by atoms with Crippen LogP contribution in [0.1, 0.15) is 18.1 Å². The van der Waals surface area contributed by atoms with Gasteiger partial charge < -0.3 is 9.29 Å². The summed E-state index contributed by atoms with van der Waals surface area (Å²) in [7, 11) is -4.01. The topological polar surface area (TPSA) is 66.4 Å². The van der Waals surface area contributed by atoms with Crippen LogP contribution in [0.5, 0.6) is 5.75 Å². The van der Waals surface area contributed by atoms with Crippen LogP contribution in [0.2, 0.25) is 0 Å². The Hall–Kier alpha value is -2.28. The van der Waals surface area contributed by atoms with Crippen LogP contribution in [0, 0.1) is 6.92 Å². The van der Waals surface area contributed by atoms with Gasteiger partial charge in [0.1, 0.15) is 27.9 Å². The van der Waals surface area contributed by atoms with Crippen molar-refractivity contribution in [3.8, 4) is 5.75 Å². The molecule has 0 bridgehead atoms. The van der Waals surface area contributed by atoms with Gasteiger partial charge in [-0.25, -0.2) is 8.42 Å². The Bertz CT molecular complexity index is 968. The summed E-state index contributed by atoms with van der Waals surface area (Å²) in [6.07, 6.45) is 2.30. The second-order valence-electron chi connectivity index (χ2n) is 6.44. The average molecular weight is 431 g/mol. The summed E-state index contributed by atoms with van der Waals surface area (Å²) in [5.74, 6) is 2.05. The number of ether oxygens (including phenoxy) is 1. The molecule has 3 aromatic carbocycles. The SMILES string of the molecule is CCOc1ccc(C[S+](C)c2ccccc2)cc1.Cc1ccc(S(=O)(=O)[O-])cc1. The number of hydrogen-bond acceptors (Lipinski definition) is 4. The van der Waals surface area contributed by atoms with Gasteiger partial charge in [0, 0.05) is 16.5 Å². The molecule has 0 amide bonds. The van der Waals surface area contributed by atoms with Crippen molar-refractivity contribution < 1.29 is 17.7 Å². The van der Waals surface area contributed by atoms with Crippen LogP contribution in [-0.2, 0) is 26.8 Å². The number of aryl methyl sites for hydroxylation is 1. The first-order valence-corrected chi connectivity index (χ1v) is 12.4. The summed E-state index contributed by atoms with van der Waals surface area (Å²) >= 11 is 0. The summed E-state index contributed by atoms with van der Waals surface area (Å²) in [6.45, 7) is 4.55. The number of benzene rings is 3. The predicted octanol–water partition coefficient (Wildman–Crippen LogP) is 4.79. The Labute approximate surface area is 176 Å². The van der Waals surface area contributed by atoms with E-state index in [4.69, 9.17) is 4.74 Å². The molecule has 3 rings (SSSR count). The number of rotatable bonds is 6. The minimum atomic E-state index is -4.27. The van der Waals surface area contributed by atoms with E-state index in [-0.39, 0.29) is 15.8 Å². The van der Waals surface area contributed by atoms with E-state index in [1.165, 1.54) is 22.6 Å². The minimum absolute atomic E-state index is 0.178. The summed E-state index contributed by atoms with van der Waals surface area (Å²) in [5.41, 5.74) is 2.30. The zero-order valence-electron chi connectivity index (χ0n) is 16.9. The molecule has 0 fully saturated rings. The molecular weight excluding hydrogens is 404 g/mol. The molecule has 0 spiro atoms. The molecule has 154 valence electrons. The molecule has 0 aliphatic rings. The fraction of sp³-hybridized carbons (Fsp3) is 0.217. The zero-order valence-corrected chi connectivity index (χ0v) is 18.5. The lowest BCUT2D eigenvalue weighted by Gasteiger charge is -2.05. The van der Waals surface area contributed by atoms with Gasteiger partial charge in [0.05, 0.1) is 11.5 Å². The van der Waals surface area contributed by atoms with Gasteiger partial charge in [-0.15, -0.1) is 0 Å². The molecule has 4 nitrogen and oxygen atoms in total. The van der Waals surface area contributed by atoms with Gasteiger partial charge in [-0.2, -0.15) is 0 Å². The van der Waals surface area contributed by atoms with E-state index in [0.29, 0.717) is 0 Å². The molecule has 1 unspecified atom stereocenters. The molecule has 29 heavy (non-hydrogen) atoms. The van der Waals surface area contributed by atoms with Gasteiger partial charge >= 0.3 is 0 Å². The van der Waals surface area contributed by atoms with Crippen molar-refractivity contribution in [2.75, 3.05) is 12.9 Å². The summed E-state index contributed by atoms with van der Waals surface area (Å²) < 4.78 is 36.6. The maximum Gasteiger partial charge on any atom is 0.154 e. The molecule has 0 aliphatic carbocycles. The monoisotopic (exact) mass is 430 g/mol. The van der Waals surface area contributed by atoms with Crippen LogP contribution in [-0.4, -0.2) is 25.8 Å². The largest absolute Gasteiger partial charge is 0.744 e. The third-order valence-electron chi connectivity index (χ3n) is 4.07. The highest BCUT2D eigenvalue weighted by atomic mass is 32.2. The van der Waals surface area contributed by atoms with Crippen LogP contribution in [0.25, 0.3) is 0 Å². The lowest BCUT2D eigenvalue weighted by atomic mass is 10.2. The lowest BCUT2D eigenvalue weighted by molar-refractivity contribution is 0.340. The van der Waals surface area contributed by atoms with Crippen LogP contribution >= 0.6 is 0 Å². The molecule has 0 aliphatic heterocycles. The first-order valence-electron chi connectivity index (χ1n) is 9.21. The highest BCUT2D eigenvalue weighted by molar-refractivity contribution is 7.95. The first-order chi connectivity index (χ1) is 13.8. The van der Waals surface area contributed by atoms with Crippen molar-refractivity contribution in [3.05, 3.63) is 90.0 Å². The Morgan fingerprint density at radius 3 is 2.00 bits per heavy atom. The van der Waals surface area contributed by atoms with Crippen LogP contribution in [0.3, 0.4) is 0 Å². The van der Waals surface area contributed by atoms with Crippen molar-refractivity contribution >= 4 is 21.0 Å². The Morgan fingerprint density at radius 1 is 0.897 bits per heavy atom. The van der Waals surface area contributed by atoms with E-state index >= 15 is 0 Å². The van der Waals surface area contributed by atoms with Crippen molar-refractivity contribution in [1.82, 2.24) is 0 Å². The van der Waals surface area contributed by atoms with E-state index in [2.05, 4.69) is 60.9 Å². The molecule has 6 heteroatoms.